The van der Waals surface area contributed by atoms with E-state index < -0.39 is 0 Å². The Balaban J connectivity index is 0.00000243. The number of carbonyl (C=O) groups excluding carboxylic acids is 1. The molecule has 2 aliphatic rings. The summed E-state index contributed by atoms with van der Waals surface area (Å²) in [6.07, 6.45) is 1.71. The van der Waals surface area contributed by atoms with E-state index >= 15 is 0 Å². The highest BCUT2D eigenvalue weighted by molar-refractivity contribution is 14.0. The monoisotopic (exact) mass is 477 g/mol. The van der Waals surface area contributed by atoms with E-state index in [4.69, 9.17) is 9.15 Å². The van der Waals surface area contributed by atoms with Gasteiger partial charge in [-0.15, -0.1) is 24.0 Å². The summed E-state index contributed by atoms with van der Waals surface area (Å²) in [6.45, 7) is 6.23. The molecule has 0 aromatic carbocycles. The summed E-state index contributed by atoms with van der Waals surface area (Å²) < 4.78 is 11.0. The average Bonchev–Trinajstić information content (AvgIpc) is 3.17. The van der Waals surface area contributed by atoms with Crippen LogP contribution in [0.2, 0.25) is 0 Å². The molecular formula is C17H28IN5O3. The van der Waals surface area contributed by atoms with Crippen molar-refractivity contribution in [1.82, 2.24) is 20.0 Å². The van der Waals surface area contributed by atoms with Crippen LogP contribution in [-0.2, 0) is 4.74 Å². The van der Waals surface area contributed by atoms with Gasteiger partial charge in [0.25, 0.3) is 5.91 Å². The highest BCUT2D eigenvalue weighted by Crippen LogP contribution is 2.10. The Bertz CT molecular complexity index is 587. The largest absolute Gasteiger partial charge is 0.459 e. The maximum Gasteiger partial charge on any atom is 0.289 e. The zero-order valence-electron chi connectivity index (χ0n) is 15.4. The Morgan fingerprint density at radius 1 is 1.27 bits per heavy atom. The number of hydrogen-bond acceptors (Lipinski definition) is 5. The molecule has 146 valence electrons. The lowest BCUT2D eigenvalue weighted by Crippen LogP contribution is -2.55. The number of carbonyl (C=O) groups is 1. The summed E-state index contributed by atoms with van der Waals surface area (Å²) in [5, 5.41) is 3.40. The summed E-state index contributed by atoms with van der Waals surface area (Å²) in [7, 11) is 3.90. The highest BCUT2D eigenvalue weighted by Gasteiger charge is 2.26. The number of nitrogens with zero attached hydrogens (tertiary/aromatic N) is 4. The van der Waals surface area contributed by atoms with E-state index in [2.05, 4.69) is 27.2 Å². The van der Waals surface area contributed by atoms with Crippen LogP contribution in [0.25, 0.3) is 0 Å². The van der Waals surface area contributed by atoms with Crippen LogP contribution in [0, 0.1) is 0 Å². The van der Waals surface area contributed by atoms with Crippen molar-refractivity contribution in [3.05, 3.63) is 24.2 Å². The van der Waals surface area contributed by atoms with Gasteiger partial charge in [0.05, 0.1) is 19.0 Å². The Morgan fingerprint density at radius 3 is 2.62 bits per heavy atom. The second kappa shape index (κ2) is 10.1. The van der Waals surface area contributed by atoms with Gasteiger partial charge in [-0.05, 0) is 19.2 Å². The SMILES string of the molecule is CN=C(NCC1CN(C)CCO1)N1CCN(C(=O)c2ccco2)CC1.I. The smallest absolute Gasteiger partial charge is 0.289 e. The van der Waals surface area contributed by atoms with Gasteiger partial charge in [-0.3, -0.25) is 9.79 Å². The number of amides is 1. The number of halogens is 1. The number of hydrogen-bond donors (Lipinski definition) is 1. The van der Waals surface area contributed by atoms with Crippen molar-refractivity contribution in [1.29, 1.82) is 0 Å². The summed E-state index contributed by atoms with van der Waals surface area (Å²) in [6, 6.07) is 3.44. The Hall–Kier alpha value is -1.33. The first kappa shape index (κ1) is 21.0. The minimum absolute atomic E-state index is 0. The maximum atomic E-state index is 12.3. The van der Waals surface area contributed by atoms with Gasteiger partial charge >= 0.3 is 0 Å². The predicted molar refractivity (Wildman–Crippen MR) is 110 cm³/mol. The lowest BCUT2D eigenvalue weighted by Gasteiger charge is -2.37. The standard InChI is InChI=1S/C17H27N5O3.HI/c1-18-17(19-12-14-13-20(2)9-11-24-14)22-7-5-21(6-8-22)16(23)15-4-3-10-25-15;/h3-4,10,14H,5-9,11-13H2,1-2H3,(H,18,19);1H. The molecule has 0 radical (unpaired) electrons. The first-order valence-electron chi connectivity index (χ1n) is 8.76. The first-order valence-corrected chi connectivity index (χ1v) is 8.76. The predicted octanol–water partition coefficient (Wildman–Crippen LogP) is 0.561. The van der Waals surface area contributed by atoms with Crippen LogP contribution in [0.5, 0.6) is 0 Å². The lowest BCUT2D eigenvalue weighted by atomic mass is 10.2. The van der Waals surface area contributed by atoms with Gasteiger partial charge in [-0.1, -0.05) is 0 Å². The van der Waals surface area contributed by atoms with Gasteiger partial charge in [0.1, 0.15) is 0 Å². The molecule has 1 unspecified atom stereocenters. The number of morpholine rings is 1. The van der Waals surface area contributed by atoms with Gasteiger partial charge in [-0.2, -0.15) is 0 Å². The minimum Gasteiger partial charge on any atom is -0.459 e. The molecule has 1 aromatic heterocycles. The molecule has 0 bridgehead atoms. The Morgan fingerprint density at radius 2 is 2.00 bits per heavy atom. The molecule has 1 N–H and O–H groups in total. The number of nitrogens with one attached hydrogen (secondary N) is 1. The molecule has 3 rings (SSSR count). The average molecular weight is 477 g/mol. The third kappa shape index (κ3) is 5.34. The molecular weight excluding hydrogens is 449 g/mol. The van der Waals surface area contributed by atoms with Crippen LogP contribution in [0.4, 0.5) is 0 Å². The molecule has 0 aliphatic carbocycles. The Labute approximate surface area is 171 Å². The fourth-order valence-electron chi connectivity index (χ4n) is 3.21. The van der Waals surface area contributed by atoms with Crippen molar-refractivity contribution in [2.75, 3.05) is 66.5 Å². The van der Waals surface area contributed by atoms with Gasteiger partial charge in [0.15, 0.2) is 11.7 Å². The second-order valence-corrected chi connectivity index (χ2v) is 6.44. The van der Waals surface area contributed by atoms with Crippen LogP contribution in [0.15, 0.2) is 27.8 Å². The summed E-state index contributed by atoms with van der Waals surface area (Å²) in [4.78, 5) is 23.0. The first-order chi connectivity index (χ1) is 12.2. The molecule has 3 heterocycles. The maximum absolute atomic E-state index is 12.3. The fourth-order valence-corrected chi connectivity index (χ4v) is 3.21. The van der Waals surface area contributed by atoms with E-state index in [0.717, 1.165) is 45.3 Å². The van der Waals surface area contributed by atoms with E-state index in [0.29, 0.717) is 18.8 Å². The molecule has 1 amide bonds. The van der Waals surface area contributed by atoms with E-state index in [9.17, 15) is 4.79 Å². The third-order valence-electron chi connectivity index (χ3n) is 4.64. The molecule has 26 heavy (non-hydrogen) atoms. The van der Waals surface area contributed by atoms with Crippen LogP contribution >= 0.6 is 24.0 Å². The van der Waals surface area contributed by atoms with E-state index in [-0.39, 0.29) is 36.0 Å². The zero-order valence-corrected chi connectivity index (χ0v) is 17.7. The molecule has 1 atom stereocenters. The van der Waals surface area contributed by atoms with Gasteiger partial charge in [0, 0.05) is 52.9 Å². The third-order valence-corrected chi connectivity index (χ3v) is 4.64. The van der Waals surface area contributed by atoms with Crippen LogP contribution < -0.4 is 5.32 Å². The number of rotatable bonds is 3. The minimum atomic E-state index is -0.0498. The van der Waals surface area contributed by atoms with Crippen molar-refractivity contribution in [3.63, 3.8) is 0 Å². The normalized spacial score (nSPS) is 22.1. The highest BCUT2D eigenvalue weighted by atomic mass is 127. The quantitative estimate of drug-likeness (QED) is 0.390. The molecule has 1 aromatic rings. The Kier molecular flexibility index (Phi) is 8.16. The molecule has 9 heteroatoms. The van der Waals surface area contributed by atoms with Crippen LogP contribution in [0.3, 0.4) is 0 Å². The number of guanidine groups is 1. The summed E-state index contributed by atoms with van der Waals surface area (Å²) in [5.74, 6) is 1.21. The molecule has 0 saturated carbocycles. The fraction of sp³-hybridized carbons (Fsp3) is 0.647. The summed E-state index contributed by atoms with van der Waals surface area (Å²) in [5.41, 5.74) is 0. The van der Waals surface area contributed by atoms with Gasteiger partial charge in [0.2, 0.25) is 0 Å². The van der Waals surface area contributed by atoms with Crippen LogP contribution in [-0.4, -0.2) is 99.2 Å². The number of ether oxygens (including phenoxy) is 1. The van der Waals surface area contributed by atoms with Crippen molar-refractivity contribution < 1.29 is 13.9 Å². The number of piperazine rings is 1. The van der Waals surface area contributed by atoms with E-state index in [1.807, 2.05) is 4.90 Å². The second-order valence-electron chi connectivity index (χ2n) is 6.44. The number of aliphatic imine (C=N–C) groups is 1. The van der Waals surface area contributed by atoms with Crippen molar-refractivity contribution in [2.24, 2.45) is 4.99 Å². The van der Waals surface area contributed by atoms with E-state index in [1.165, 1.54) is 6.26 Å². The van der Waals surface area contributed by atoms with Gasteiger partial charge in [-0.25, -0.2) is 0 Å². The zero-order chi connectivity index (χ0) is 17.6. The summed E-state index contributed by atoms with van der Waals surface area (Å²) >= 11 is 0. The van der Waals surface area contributed by atoms with Crippen molar-refractivity contribution in [3.8, 4) is 0 Å². The molecule has 8 nitrogen and oxygen atoms in total. The van der Waals surface area contributed by atoms with E-state index in [1.54, 1.807) is 19.2 Å². The molecule has 0 spiro atoms. The molecule has 2 aliphatic heterocycles. The van der Waals surface area contributed by atoms with Crippen molar-refractivity contribution in [2.45, 2.75) is 6.10 Å². The molecule has 2 fully saturated rings. The van der Waals surface area contributed by atoms with Crippen molar-refractivity contribution >= 4 is 35.8 Å². The van der Waals surface area contributed by atoms with Gasteiger partial charge < -0.3 is 29.2 Å². The lowest BCUT2D eigenvalue weighted by molar-refractivity contribution is -0.0164. The van der Waals surface area contributed by atoms with Crippen LogP contribution in [0.1, 0.15) is 10.6 Å². The topological polar surface area (TPSA) is 73.6 Å². The number of furan rings is 1. The molecule has 2 saturated heterocycles. The number of likely N-dealkylation sites (N-methyl/N-ethyl adjacent to an activating group) is 1.